The first kappa shape index (κ1) is 83.1. The van der Waals surface area contributed by atoms with Crippen molar-refractivity contribution >= 4 is 87.6 Å². The first-order chi connectivity index (χ1) is 47.7. The zero-order valence-corrected chi connectivity index (χ0v) is 61.2. The Kier molecular flexibility index (Phi) is 39.3. The quantitative estimate of drug-likeness (QED) is 0.0158. The number of unbranched alkanes of at least 4 members (excludes halogenated alkanes) is 2. The number of nitrogens with zero attached hydrogens (tertiary/aromatic N) is 5. The smallest absolute Gasteiger partial charge is 0.346 e. The monoisotopic (exact) mass is 1420 g/mol. The average Bonchev–Trinajstić information content (AvgIpc) is 0.813. The van der Waals surface area contributed by atoms with Gasteiger partial charge in [0, 0.05) is 60.5 Å². The van der Waals surface area contributed by atoms with Crippen molar-refractivity contribution in [3.05, 3.63) is 199 Å². The van der Waals surface area contributed by atoms with Gasteiger partial charge in [-0.05, 0) is 206 Å². The van der Waals surface area contributed by atoms with E-state index in [0.717, 1.165) is 137 Å². The Morgan fingerprint density at radius 3 is 1.45 bits per heavy atom. The number of likely N-dealkylation sites (tertiary alicyclic amines) is 2. The molecule has 0 unspecified atom stereocenters. The van der Waals surface area contributed by atoms with Gasteiger partial charge in [-0.1, -0.05) is 123 Å². The lowest BCUT2D eigenvalue weighted by Crippen LogP contribution is -2.37. The second-order valence-corrected chi connectivity index (χ2v) is 25.1. The highest BCUT2D eigenvalue weighted by molar-refractivity contribution is 6.34. The van der Waals surface area contributed by atoms with Gasteiger partial charge in [-0.3, -0.25) is 9.59 Å². The molecular weight excluding hydrogens is 1320 g/mol. The van der Waals surface area contributed by atoms with Crippen LogP contribution in [0, 0.1) is 41.5 Å². The standard InChI is InChI=1S/2C28H37ClN2O4.C22H26ClNO5/c2*1-5-7-9-11-14-23(30-35-20-25(32)31-15-12-10-13-16-31)19-24-26(28(33)34-17-8-6-2)21(3)18-22(4)27(24)29;1-15-12-16(2)21(23)18-13-17(24-29-14-19(25)27-3)10-8-6-4-5-7-9-11-28-22(26)20(15)18/h2*5-6,11,14,18H,1-2,7-10,12-13,15-17,19-20H2,3-4H3;5,7-8,10,12H,4,6,9,11,13-14H2,1-3H3/b14-11+,30-23+;14-11+,30-23-;7-5+,10-8?,24-17-. The van der Waals surface area contributed by atoms with E-state index < -0.39 is 23.9 Å². The third kappa shape index (κ3) is 29.2. The van der Waals surface area contributed by atoms with E-state index in [0.29, 0.717) is 91.5 Å². The normalized spacial score (nSPS) is 15.2. The number of aryl methyl sites for hydroxylation is 6. The van der Waals surface area contributed by atoms with Crippen LogP contribution in [0.2, 0.25) is 15.1 Å². The van der Waals surface area contributed by atoms with Gasteiger partial charge in [-0.15, -0.1) is 26.3 Å². The van der Waals surface area contributed by atoms with E-state index in [1.54, 1.807) is 12.2 Å². The molecule has 2 fully saturated rings. The number of hydrogen-bond acceptors (Lipinski definition) is 16. The minimum absolute atomic E-state index is 0.0700. The lowest BCUT2D eigenvalue weighted by Gasteiger charge is -2.26. The Morgan fingerprint density at radius 1 is 0.545 bits per heavy atom. The van der Waals surface area contributed by atoms with Crippen LogP contribution in [-0.2, 0) is 67.1 Å². The number of oxime groups is 3. The molecule has 536 valence electrons. The van der Waals surface area contributed by atoms with E-state index in [1.807, 2.05) is 130 Å². The Labute approximate surface area is 601 Å². The highest BCUT2D eigenvalue weighted by Crippen LogP contribution is 2.33. The summed E-state index contributed by atoms with van der Waals surface area (Å²) in [6.07, 6.45) is 36.4. The molecule has 3 aliphatic heterocycles. The topological polar surface area (TPSA) is 211 Å². The van der Waals surface area contributed by atoms with Gasteiger partial charge in [-0.25, -0.2) is 19.2 Å². The molecule has 0 N–H and O–H groups in total. The van der Waals surface area contributed by atoms with Gasteiger partial charge < -0.3 is 43.3 Å². The number of carbonyl (C=O) groups is 6. The van der Waals surface area contributed by atoms with E-state index in [-0.39, 0.29) is 64.1 Å². The molecular formula is C78H100Cl3N5O13. The van der Waals surface area contributed by atoms with Crippen molar-refractivity contribution in [2.24, 2.45) is 15.5 Å². The number of esters is 4. The van der Waals surface area contributed by atoms with Crippen LogP contribution in [0.5, 0.6) is 0 Å². The molecule has 0 aromatic heterocycles. The summed E-state index contributed by atoms with van der Waals surface area (Å²) in [6.45, 7) is 29.4. The second-order valence-electron chi connectivity index (χ2n) is 23.9. The number of methoxy groups -OCH3 is 1. The Balaban J connectivity index is 0.000000317. The number of fused-ring (bicyclic) bond motifs is 1. The molecule has 3 aromatic carbocycles. The number of benzene rings is 3. The van der Waals surface area contributed by atoms with Gasteiger partial charge in [0.1, 0.15) is 0 Å². The maximum Gasteiger partial charge on any atom is 0.346 e. The second kappa shape index (κ2) is 46.9. The lowest BCUT2D eigenvalue weighted by molar-refractivity contribution is -0.145. The molecule has 0 saturated carbocycles. The Hall–Kier alpha value is -8.32. The molecule has 2 amide bonds. The SMILES string of the molecule is C=CCC/C=C/C(Cc1c(Cl)c(C)cc(C)c1C(=O)OCCC=C)=N/OCC(=O)N1CCCCC1.C=CCC/C=C/C(Cc1c(Cl)c(C)cc(C)c1C(=O)OCCC=C)=N\OCC(=O)N1CCCCC1.COC(=O)CO/N=C1/C=CCC/C=C/CCOC(=O)c2c(C)cc(C)c(Cl)c2C1. The first-order valence-electron chi connectivity index (χ1n) is 33.8. The molecule has 0 bridgehead atoms. The van der Waals surface area contributed by atoms with Gasteiger partial charge in [0.15, 0.2) is 13.2 Å². The van der Waals surface area contributed by atoms with E-state index in [1.165, 1.54) is 7.11 Å². The minimum Gasteiger partial charge on any atom is -0.466 e. The number of amides is 2. The molecule has 0 atom stereocenters. The number of cyclic esters (lactones) is 1. The molecule has 99 heavy (non-hydrogen) atoms. The maximum absolute atomic E-state index is 12.9. The lowest BCUT2D eigenvalue weighted by atomic mass is 9.94. The van der Waals surface area contributed by atoms with Crippen LogP contribution in [0.1, 0.15) is 177 Å². The van der Waals surface area contributed by atoms with Crippen LogP contribution >= 0.6 is 34.8 Å². The molecule has 3 aromatic rings. The van der Waals surface area contributed by atoms with Gasteiger partial charge >= 0.3 is 23.9 Å². The minimum atomic E-state index is -0.530. The number of halogens is 3. The Bertz CT molecular complexity index is 3320. The van der Waals surface area contributed by atoms with E-state index >= 15 is 0 Å². The predicted molar refractivity (Wildman–Crippen MR) is 397 cm³/mol. The molecule has 6 rings (SSSR count). The number of carbonyl (C=O) groups excluding carboxylic acids is 6. The Morgan fingerprint density at radius 2 is 0.990 bits per heavy atom. The number of hydrogen-bond donors (Lipinski definition) is 0. The summed E-state index contributed by atoms with van der Waals surface area (Å²) in [5.74, 6) is -1.95. The summed E-state index contributed by atoms with van der Waals surface area (Å²) >= 11 is 19.9. The third-order valence-electron chi connectivity index (χ3n) is 16.0. The van der Waals surface area contributed by atoms with Crippen molar-refractivity contribution in [1.29, 1.82) is 0 Å². The summed E-state index contributed by atoms with van der Waals surface area (Å²) in [5, 5.41) is 14.1. The number of piperidine rings is 2. The summed E-state index contributed by atoms with van der Waals surface area (Å²) in [7, 11) is 1.28. The first-order valence-corrected chi connectivity index (χ1v) is 35.0. The zero-order valence-electron chi connectivity index (χ0n) is 59.0. The molecule has 0 radical (unpaired) electrons. The summed E-state index contributed by atoms with van der Waals surface area (Å²) in [5.41, 5.74) is 9.78. The van der Waals surface area contributed by atoms with Crippen LogP contribution in [-0.4, -0.2) is 136 Å². The summed E-state index contributed by atoms with van der Waals surface area (Å²) < 4.78 is 20.9. The van der Waals surface area contributed by atoms with Gasteiger partial charge in [-0.2, -0.15) is 0 Å². The van der Waals surface area contributed by atoms with Gasteiger partial charge in [0.2, 0.25) is 6.61 Å². The fourth-order valence-electron chi connectivity index (χ4n) is 10.9. The number of ether oxygens (including phenoxy) is 4. The zero-order chi connectivity index (χ0) is 72.5. The highest BCUT2D eigenvalue weighted by Gasteiger charge is 2.26. The van der Waals surface area contributed by atoms with Crippen molar-refractivity contribution < 1.29 is 62.2 Å². The predicted octanol–water partition coefficient (Wildman–Crippen LogP) is 16.8. The van der Waals surface area contributed by atoms with E-state index in [2.05, 4.69) is 46.5 Å². The van der Waals surface area contributed by atoms with Gasteiger partial charge in [0.25, 0.3) is 11.8 Å². The summed E-state index contributed by atoms with van der Waals surface area (Å²) in [4.78, 5) is 94.5. The van der Waals surface area contributed by atoms with Crippen LogP contribution in [0.25, 0.3) is 0 Å². The average molecular weight is 1420 g/mol. The van der Waals surface area contributed by atoms with Crippen LogP contribution in [0.3, 0.4) is 0 Å². The fraction of sp³-hybridized carbons (Fsp3) is 0.449. The molecule has 0 spiro atoms. The number of rotatable bonds is 29. The molecule has 3 heterocycles. The van der Waals surface area contributed by atoms with Crippen LogP contribution in [0.4, 0.5) is 0 Å². The summed E-state index contributed by atoms with van der Waals surface area (Å²) in [6, 6.07) is 5.62. The maximum atomic E-state index is 12.9. The molecule has 18 nitrogen and oxygen atoms in total. The van der Waals surface area contributed by atoms with Gasteiger partial charge in [0.05, 0.1) is 60.8 Å². The van der Waals surface area contributed by atoms with Crippen molar-refractivity contribution in [3.63, 3.8) is 0 Å². The third-order valence-corrected chi connectivity index (χ3v) is 17.5. The van der Waals surface area contributed by atoms with Crippen LogP contribution < -0.4 is 0 Å². The fourth-order valence-corrected chi connectivity index (χ4v) is 11.5. The molecule has 21 heteroatoms. The van der Waals surface area contributed by atoms with Crippen LogP contribution in [0.15, 0.2) is 133 Å². The van der Waals surface area contributed by atoms with E-state index in [9.17, 15) is 28.8 Å². The van der Waals surface area contributed by atoms with Crippen molar-refractivity contribution in [2.45, 2.75) is 157 Å². The van der Waals surface area contributed by atoms with Crippen molar-refractivity contribution in [1.82, 2.24) is 9.80 Å². The van der Waals surface area contributed by atoms with E-state index in [4.69, 9.17) is 63.5 Å². The van der Waals surface area contributed by atoms with Crippen molar-refractivity contribution in [2.75, 3.05) is 72.9 Å². The number of allylic oxidation sites excluding steroid dienone is 9. The largest absolute Gasteiger partial charge is 0.466 e. The highest BCUT2D eigenvalue weighted by atomic mass is 35.5. The molecule has 3 aliphatic rings. The molecule has 2 saturated heterocycles. The molecule has 0 aliphatic carbocycles. The van der Waals surface area contributed by atoms with Crippen molar-refractivity contribution in [3.8, 4) is 0 Å².